The molecule has 1 aromatic rings. The van der Waals surface area contributed by atoms with E-state index in [9.17, 15) is 19.7 Å². The molecule has 2 unspecified atom stereocenters. The molecule has 2 amide bonds. The summed E-state index contributed by atoms with van der Waals surface area (Å²) in [6.07, 6.45) is 0. The van der Waals surface area contributed by atoms with E-state index in [0.29, 0.717) is 5.69 Å². The quantitative estimate of drug-likeness (QED) is 0.507. The molecular formula is C12H12ClN3O4. The normalized spacial score (nSPS) is 22.6. The molecule has 1 heterocycles. The Morgan fingerprint density at radius 1 is 1.25 bits per heavy atom. The zero-order valence-corrected chi connectivity index (χ0v) is 11.5. The third-order valence-electron chi connectivity index (χ3n) is 3.26. The monoisotopic (exact) mass is 297 g/mol. The van der Waals surface area contributed by atoms with E-state index in [-0.39, 0.29) is 10.7 Å². The van der Waals surface area contributed by atoms with Gasteiger partial charge in [-0.05, 0) is 26.0 Å². The second kappa shape index (κ2) is 5.09. The zero-order valence-electron chi connectivity index (χ0n) is 10.8. The summed E-state index contributed by atoms with van der Waals surface area (Å²) in [6, 6.07) is 2.98. The first kappa shape index (κ1) is 14.3. The number of nitrogens with one attached hydrogen (secondary N) is 1. The zero-order chi connectivity index (χ0) is 15.0. The van der Waals surface area contributed by atoms with Gasteiger partial charge in [0, 0.05) is 11.8 Å². The highest BCUT2D eigenvalue weighted by atomic mass is 35.5. The largest absolute Gasteiger partial charge is 0.348 e. The van der Waals surface area contributed by atoms with E-state index < -0.39 is 28.8 Å². The maximum atomic E-state index is 11.7. The lowest BCUT2D eigenvalue weighted by Gasteiger charge is -2.38. The summed E-state index contributed by atoms with van der Waals surface area (Å²) in [6.45, 7) is 3.25. The second-order valence-corrected chi connectivity index (χ2v) is 4.91. The van der Waals surface area contributed by atoms with Gasteiger partial charge < -0.3 is 4.90 Å². The number of benzene rings is 1. The predicted octanol–water partition coefficient (Wildman–Crippen LogP) is 1.49. The van der Waals surface area contributed by atoms with Crippen LogP contribution in [0, 0.1) is 10.1 Å². The predicted molar refractivity (Wildman–Crippen MR) is 72.7 cm³/mol. The molecule has 1 fully saturated rings. The molecule has 7 nitrogen and oxygen atoms in total. The van der Waals surface area contributed by atoms with Crippen LogP contribution in [0.4, 0.5) is 11.4 Å². The topological polar surface area (TPSA) is 92.6 Å². The van der Waals surface area contributed by atoms with Gasteiger partial charge in [-0.2, -0.15) is 0 Å². The van der Waals surface area contributed by atoms with Crippen LogP contribution in [0.25, 0.3) is 0 Å². The molecule has 0 spiro atoms. The molecule has 1 N–H and O–H groups in total. The fourth-order valence-electron chi connectivity index (χ4n) is 2.17. The fraction of sp³-hybridized carbons (Fsp3) is 0.333. The fourth-order valence-corrected chi connectivity index (χ4v) is 2.35. The van der Waals surface area contributed by atoms with Gasteiger partial charge in [0.2, 0.25) is 11.8 Å². The van der Waals surface area contributed by atoms with Crippen molar-refractivity contribution >= 4 is 34.8 Å². The van der Waals surface area contributed by atoms with Gasteiger partial charge in [0.1, 0.15) is 17.1 Å². The summed E-state index contributed by atoms with van der Waals surface area (Å²) in [4.78, 5) is 35.2. The van der Waals surface area contributed by atoms with Crippen LogP contribution in [0.5, 0.6) is 0 Å². The highest BCUT2D eigenvalue weighted by Crippen LogP contribution is 2.31. The number of nitro groups is 1. The molecule has 106 valence electrons. The van der Waals surface area contributed by atoms with Crippen molar-refractivity contribution in [1.82, 2.24) is 5.32 Å². The number of hydrogen-bond acceptors (Lipinski definition) is 5. The Hall–Kier alpha value is -2.15. The molecular weight excluding hydrogens is 286 g/mol. The molecule has 1 saturated heterocycles. The Bertz CT molecular complexity index is 584. The Kier molecular flexibility index (Phi) is 3.63. The molecule has 0 aromatic heterocycles. The average Bonchev–Trinajstić information content (AvgIpc) is 2.38. The lowest BCUT2D eigenvalue weighted by Crippen LogP contribution is -2.61. The molecule has 0 radical (unpaired) electrons. The number of carbonyl (C=O) groups excluding carboxylic acids is 2. The number of amides is 2. The van der Waals surface area contributed by atoms with Crippen LogP contribution in [0.3, 0.4) is 0 Å². The average molecular weight is 298 g/mol. The number of anilines is 1. The van der Waals surface area contributed by atoms with Gasteiger partial charge in [0.05, 0.1) is 4.92 Å². The van der Waals surface area contributed by atoms with E-state index in [1.165, 1.54) is 17.0 Å². The smallest absolute Gasteiger partial charge is 0.289 e. The number of piperazine rings is 1. The van der Waals surface area contributed by atoms with Crippen molar-refractivity contribution in [3.63, 3.8) is 0 Å². The van der Waals surface area contributed by atoms with Crippen LogP contribution < -0.4 is 10.2 Å². The summed E-state index contributed by atoms with van der Waals surface area (Å²) >= 11 is 5.75. The highest BCUT2D eigenvalue weighted by Gasteiger charge is 2.37. The second-order valence-electron chi connectivity index (χ2n) is 4.51. The van der Waals surface area contributed by atoms with Crippen molar-refractivity contribution in [1.29, 1.82) is 0 Å². The van der Waals surface area contributed by atoms with Crippen molar-refractivity contribution < 1.29 is 14.5 Å². The standard InChI is InChI=1S/C12H12ClN3O4/c1-6-11(17)14-12(18)7(2)15(6)8-3-4-9(13)10(5-8)16(19)20/h3-7H,1-2H3,(H,14,17,18). The lowest BCUT2D eigenvalue weighted by atomic mass is 10.1. The minimum Gasteiger partial charge on any atom is -0.348 e. The molecule has 2 atom stereocenters. The Morgan fingerprint density at radius 2 is 1.80 bits per heavy atom. The highest BCUT2D eigenvalue weighted by molar-refractivity contribution is 6.32. The van der Waals surface area contributed by atoms with Crippen LogP contribution in [0.2, 0.25) is 5.02 Å². The third kappa shape index (κ3) is 2.32. The molecule has 0 bridgehead atoms. The van der Waals surface area contributed by atoms with Crippen LogP contribution in [-0.2, 0) is 9.59 Å². The van der Waals surface area contributed by atoms with E-state index in [0.717, 1.165) is 0 Å². The summed E-state index contributed by atoms with van der Waals surface area (Å²) in [5.74, 6) is -0.878. The van der Waals surface area contributed by atoms with Crippen molar-refractivity contribution in [2.75, 3.05) is 4.90 Å². The Morgan fingerprint density at radius 3 is 2.30 bits per heavy atom. The Labute approximate surface area is 119 Å². The van der Waals surface area contributed by atoms with E-state index in [1.54, 1.807) is 19.9 Å². The van der Waals surface area contributed by atoms with Gasteiger partial charge in [-0.3, -0.25) is 25.0 Å². The molecule has 0 aliphatic carbocycles. The van der Waals surface area contributed by atoms with Crippen LogP contribution in [-0.4, -0.2) is 28.8 Å². The van der Waals surface area contributed by atoms with Gasteiger partial charge in [0.25, 0.3) is 5.69 Å². The SMILES string of the molecule is CC1C(=O)NC(=O)C(C)N1c1ccc(Cl)c([N+](=O)[O-])c1. The summed E-state index contributed by atoms with van der Waals surface area (Å²) in [5, 5.41) is 13.2. The van der Waals surface area contributed by atoms with E-state index in [2.05, 4.69) is 5.32 Å². The number of imide groups is 1. The van der Waals surface area contributed by atoms with Gasteiger partial charge >= 0.3 is 0 Å². The van der Waals surface area contributed by atoms with Crippen molar-refractivity contribution in [2.45, 2.75) is 25.9 Å². The maximum Gasteiger partial charge on any atom is 0.289 e. The number of hydrogen-bond donors (Lipinski definition) is 1. The first-order valence-corrected chi connectivity index (χ1v) is 6.27. The van der Waals surface area contributed by atoms with Crippen LogP contribution >= 0.6 is 11.6 Å². The third-order valence-corrected chi connectivity index (χ3v) is 3.58. The molecule has 2 rings (SSSR count). The molecule has 1 aromatic carbocycles. The lowest BCUT2D eigenvalue weighted by molar-refractivity contribution is -0.384. The summed E-state index contributed by atoms with van der Waals surface area (Å²) < 4.78 is 0. The number of nitrogens with zero attached hydrogens (tertiary/aromatic N) is 2. The maximum absolute atomic E-state index is 11.7. The van der Waals surface area contributed by atoms with Gasteiger partial charge in [-0.15, -0.1) is 0 Å². The molecule has 0 saturated carbocycles. The minimum absolute atomic E-state index is 0.00634. The van der Waals surface area contributed by atoms with Crippen molar-refractivity contribution in [3.05, 3.63) is 33.3 Å². The number of nitro benzene ring substituents is 1. The first-order valence-electron chi connectivity index (χ1n) is 5.90. The molecule has 1 aliphatic rings. The summed E-state index contributed by atoms with van der Waals surface area (Å²) in [5.41, 5.74) is 0.145. The van der Waals surface area contributed by atoms with Crippen molar-refractivity contribution in [3.8, 4) is 0 Å². The van der Waals surface area contributed by atoms with E-state index in [1.807, 2.05) is 0 Å². The number of rotatable bonds is 2. The van der Waals surface area contributed by atoms with Crippen LogP contribution in [0.1, 0.15) is 13.8 Å². The van der Waals surface area contributed by atoms with Gasteiger partial charge in [0.15, 0.2) is 0 Å². The van der Waals surface area contributed by atoms with Gasteiger partial charge in [-0.25, -0.2) is 0 Å². The van der Waals surface area contributed by atoms with Crippen LogP contribution in [0.15, 0.2) is 18.2 Å². The first-order chi connectivity index (χ1) is 9.32. The van der Waals surface area contributed by atoms with E-state index in [4.69, 9.17) is 11.6 Å². The van der Waals surface area contributed by atoms with E-state index >= 15 is 0 Å². The number of halogens is 1. The molecule has 1 aliphatic heterocycles. The van der Waals surface area contributed by atoms with Gasteiger partial charge in [-0.1, -0.05) is 11.6 Å². The molecule has 20 heavy (non-hydrogen) atoms. The van der Waals surface area contributed by atoms with Crippen molar-refractivity contribution in [2.24, 2.45) is 0 Å². The number of carbonyl (C=O) groups is 2. The summed E-state index contributed by atoms with van der Waals surface area (Å²) in [7, 11) is 0. The minimum atomic E-state index is -0.608. The Balaban J connectivity index is 2.48. The molecule has 8 heteroatoms.